The first-order chi connectivity index (χ1) is 40.7. The van der Waals surface area contributed by atoms with Crippen LogP contribution in [0.15, 0.2) is 224 Å². The third-order valence-corrected chi connectivity index (χ3v) is 13.0. The molecule has 0 fully saturated rings. The summed E-state index contributed by atoms with van der Waals surface area (Å²) in [5.41, 5.74) is 15.8. The topological polar surface area (TPSA) is 97.6 Å². The lowest BCUT2D eigenvalue weighted by Crippen LogP contribution is -1.93. The quantitative estimate of drug-likeness (QED) is 0.118. The van der Waals surface area contributed by atoms with E-state index < -0.39 is 0 Å². The normalized spacial score (nSPS) is 9.77. The molecule has 0 aliphatic carbocycles. The van der Waals surface area contributed by atoms with Crippen LogP contribution in [0.1, 0.15) is 44.5 Å². The summed E-state index contributed by atoms with van der Waals surface area (Å²) >= 11 is 0. The van der Waals surface area contributed by atoms with E-state index in [2.05, 4.69) is 118 Å². The van der Waals surface area contributed by atoms with Crippen molar-refractivity contribution >= 4 is 0 Å². The molecule has 0 bridgehead atoms. The molecule has 432 valence electrons. The van der Waals surface area contributed by atoms with Crippen molar-refractivity contribution in [3.63, 3.8) is 0 Å². The lowest BCUT2D eigenvalue weighted by Gasteiger charge is -2.15. The number of benzene rings is 10. The first-order valence-corrected chi connectivity index (χ1v) is 27.4. The minimum absolute atomic E-state index is 0.620. The zero-order valence-electron chi connectivity index (χ0n) is 51.1. The Kier molecular flexibility index (Phi) is 26.6. The van der Waals surface area contributed by atoms with E-state index in [-0.39, 0.29) is 0 Å². The standard InChI is InChI=1S/C20H18O.C14H14O2.C14H14O.C9H9NO.C9H12O2.C9H12O/c1-15-13-18(16-9-5-3-6-10-16)20(21-2)19(14-15)17-11-7-4-8-12-17;1-11-8-9-13(15-2)14(10-11)16-12-6-4-3-5-7-12;1-11-8-9-14(15-2)13(10-11)12-6-4-3-5-7-12;1-7-4-3-5-9(11-2)8(7)6-10;1-7-4-5-8(10-2)9(6-7)11-3;1-7-4-5-9(10-3)8(2)6-7/h3-14H,1-2H3;3-10H,1-2H3;3-10H,1-2H3;3-5H,1-2H3;4-6H,1-3H3;4-6H,1-3H3. The van der Waals surface area contributed by atoms with Crippen LogP contribution < -0.4 is 37.9 Å². The number of hydrogen-bond acceptors (Lipinski definition) is 9. The average Bonchev–Trinajstić information content (AvgIpc) is 3.64. The van der Waals surface area contributed by atoms with E-state index >= 15 is 0 Å². The Balaban J connectivity index is 0.000000188. The maximum absolute atomic E-state index is 8.70. The molecule has 0 amide bonds. The molecule has 0 aliphatic heterocycles. The molecule has 0 saturated carbocycles. The van der Waals surface area contributed by atoms with E-state index in [9.17, 15) is 0 Å². The molecule has 0 aromatic heterocycles. The number of aryl methyl sites for hydroxylation is 7. The van der Waals surface area contributed by atoms with Crippen molar-refractivity contribution < 1.29 is 37.9 Å². The largest absolute Gasteiger partial charge is 0.496 e. The molecule has 0 saturated heterocycles. The highest BCUT2D eigenvalue weighted by atomic mass is 16.5. The zero-order valence-corrected chi connectivity index (χ0v) is 51.1. The number of para-hydroxylation sites is 1. The van der Waals surface area contributed by atoms with E-state index in [1.54, 1.807) is 55.8 Å². The SMILES string of the molecule is COc1c(-c2ccccc2)cc(C)cc1-c1ccccc1.COc1ccc(C)cc1-c1ccccc1.COc1ccc(C)cc1C.COc1ccc(C)cc1OC.COc1ccc(C)cc1Oc1ccccc1.COc1cccc(C)c1C#N. The van der Waals surface area contributed by atoms with Gasteiger partial charge in [-0.15, -0.1) is 0 Å². The molecule has 10 aromatic carbocycles. The first kappa shape index (κ1) is 64.9. The number of hydrogen-bond donors (Lipinski definition) is 0. The van der Waals surface area contributed by atoms with Crippen LogP contribution in [0, 0.1) is 59.8 Å². The van der Waals surface area contributed by atoms with Crippen molar-refractivity contribution in [2.24, 2.45) is 0 Å². The van der Waals surface area contributed by atoms with Crippen molar-refractivity contribution in [1.29, 1.82) is 5.26 Å². The van der Waals surface area contributed by atoms with Crippen LogP contribution in [0.25, 0.3) is 33.4 Å². The van der Waals surface area contributed by atoms with Gasteiger partial charge in [0.1, 0.15) is 34.8 Å². The Morgan fingerprint density at radius 2 is 0.655 bits per heavy atom. The van der Waals surface area contributed by atoms with Crippen molar-refractivity contribution in [3.8, 4) is 91.2 Å². The molecule has 10 aromatic rings. The van der Waals surface area contributed by atoms with E-state index in [1.165, 1.54) is 44.5 Å². The number of methoxy groups -OCH3 is 7. The summed E-state index contributed by atoms with van der Waals surface area (Å²) in [4.78, 5) is 0. The molecule has 10 rings (SSSR count). The zero-order chi connectivity index (χ0) is 60.8. The molecule has 0 atom stereocenters. The minimum Gasteiger partial charge on any atom is -0.496 e. The van der Waals surface area contributed by atoms with Crippen LogP contribution >= 0.6 is 0 Å². The van der Waals surface area contributed by atoms with Gasteiger partial charge in [-0.3, -0.25) is 0 Å². The smallest absolute Gasteiger partial charge is 0.169 e. The van der Waals surface area contributed by atoms with Crippen LogP contribution in [0.2, 0.25) is 0 Å². The Hall–Kier alpha value is -9.91. The van der Waals surface area contributed by atoms with Gasteiger partial charge in [-0.05, 0) is 166 Å². The number of nitrogens with zero attached hydrogens (tertiary/aromatic N) is 1. The summed E-state index contributed by atoms with van der Waals surface area (Å²) in [5, 5.41) is 8.70. The molecule has 0 radical (unpaired) electrons. The number of ether oxygens (including phenoxy) is 8. The maximum Gasteiger partial charge on any atom is 0.169 e. The number of rotatable bonds is 12. The van der Waals surface area contributed by atoms with Gasteiger partial charge in [0.05, 0.1) is 55.3 Å². The van der Waals surface area contributed by atoms with Gasteiger partial charge in [-0.2, -0.15) is 5.26 Å². The molecule has 0 N–H and O–H groups in total. The molecule has 9 heteroatoms. The predicted octanol–water partition coefficient (Wildman–Crippen LogP) is 19.0. The summed E-state index contributed by atoms with van der Waals surface area (Å²) in [5.74, 6) is 7.32. The van der Waals surface area contributed by atoms with Gasteiger partial charge < -0.3 is 37.9 Å². The molecular formula is C75H79NO8. The summed E-state index contributed by atoms with van der Waals surface area (Å²) in [7, 11) is 11.6. The number of nitriles is 1. The van der Waals surface area contributed by atoms with Crippen LogP contribution in [-0.2, 0) is 0 Å². The second-order valence-electron chi connectivity index (χ2n) is 19.4. The monoisotopic (exact) mass is 1120 g/mol. The van der Waals surface area contributed by atoms with E-state index in [1.807, 2.05) is 155 Å². The minimum atomic E-state index is 0.620. The highest BCUT2D eigenvalue weighted by Crippen LogP contribution is 2.40. The summed E-state index contributed by atoms with van der Waals surface area (Å²) in [6.07, 6.45) is 0. The van der Waals surface area contributed by atoms with Gasteiger partial charge in [0.2, 0.25) is 0 Å². The van der Waals surface area contributed by atoms with Gasteiger partial charge in [0, 0.05) is 16.7 Å². The van der Waals surface area contributed by atoms with E-state index in [0.717, 1.165) is 73.8 Å². The fraction of sp³-hybridized carbons (Fsp3) is 0.187. The second kappa shape index (κ2) is 34.4. The predicted molar refractivity (Wildman–Crippen MR) is 345 cm³/mol. The third kappa shape index (κ3) is 19.7. The maximum atomic E-state index is 8.70. The first-order valence-electron chi connectivity index (χ1n) is 27.4. The van der Waals surface area contributed by atoms with Crippen molar-refractivity contribution in [2.45, 2.75) is 48.5 Å². The summed E-state index contributed by atoms with van der Waals surface area (Å²) in [6.45, 7) is 14.3. The molecule has 0 unspecified atom stereocenters. The summed E-state index contributed by atoms with van der Waals surface area (Å²) in [6, 6.07) is 76.8. The van der Waals surface area contributed by atoms with Crippen LogP contribution in [0.5, 0.6) is 51.7 Å². The van der Waals surface area contributed by atoms with Crippen LogP contribution in [0.4, 0.5) is 0 Å². The molecule has 84 heavy (non-hydrogen) atoms. The lowest BCUT2D eigenvalue weighted by atomic mass is 9.95. The molecule has 0 heterocycles. The van der Waals surface area contributed by atoms with Crippen molar-refractivity contribution in [1.82, 2.24) is 0 Å². The molecule has 0 aliphatic rings. The molecule has 0 spiro atoms. The Morgan fingerprint density at radius 1 is 0.274 bits per heavy atom. The lowest BCUT2D eigenvalue weighted by molar-refractivity contribution is 0.354. The van der Waals surface area contributed by atoms with Gasteiger partial charge in [-0.25, -0.2) is 0 Å². The van der Waals surface area contributed by atoms with Gasteiger partial charge in [0.15, 0.2) is 23.0 Å². The molecule has 9 nitrogen and oxygen atoms in total. The highest BCUT2D eigenvalue weighted by Gasteiger charge is 2.14. The molecular weight excluding hydrogens is 1040 g/mol. The fourth-order valence-corrected chi connectivity index (χ4v) is 8.73. The van der Waals surface area contributed by atoms with Crippen molar-refractivity contribution in [2.75, 3.05) is 49.8 Å². The van der Waals surface area contributed by atoms with E-state index in [0.29, 0.717) is 11.3 Å². The van der Waals surface area contributed by atoms with Crippen LogP contribution in [-0.4, -0.2) is 49.8 Å². The highest BCUT2D eigenvalue weighted by molar-refractivity contribution is 5.83. The Morgan fingerprint density at radius 3 is 1.08 bits per heavy atom. The Bertz CT molecular complexity index is 3560. The van der Waals surface area contributed by atoms with Crippen LogP contribution in [0.3, 0.4) is 0 Å². The second-order valence-corrected chi connectivity index (χ2v) is 19.4. The Labute approximate surface area is 499 Å². The third-order valence-electron chi connectivity index (χ3n) is 13.0. The van der Waals surface area contributed by atoms with Gasteiger partial charge in [-0.1, -0.05) is 163 Å². The van der Waals surface area contributed by atoms with Gasteiger partial charge in [0.25, 0.3) is 0 Å². The summed E-state index contributed by atoms with van der Waals surface area (Å²) < 4.78 is 42.4. The average molecular weight is 1120 g/mol. The van der Waals surface area contributed by atoms with Gasteiger partial charge >= 0.3 is 0 Å². The fourth-order valence-electron chi connectivity index (χ4n) is 8.73. The van der Waals surface area contributed by atoms with E-state index in [4.69, 9.17) is 43.2 Å². The van der Waals surface area contributed by atoms with Crippen molar-refractivity contribution in [3.05, 3.63) is 269 Å².